The maximum absolute atomic E-state index is 13.1. The molecule has 3 heterocycles. The number of Topliss-reactive ketones (excluding diaryl/α,β-unsaturated/α-hetero) is 1. The highest BCUT2D eigenvalue weighted by Crippen LogP contribution is 2.43. The van der Waals surface area contributed by atoms with E-state index >= 15 is 0 Å². The van der Waals surface area contributed by atoms with Crippen molar-refractivity contribution in [3.8, 4) is 5.75 Å². The van der Waals surface area contributed by atoms with Crippen LogP contribution in [0.5, 0.6) is 5.75 Å². The zero-order valence-electron chi connectivity index (χ0n) is 17.3. The van der Waals surface area contributed by atoms with Gasteiger partial charge in [0.05, 0.1) is 18.7 Å². The van der Waals surface area contributed by atoms with Gasteiger partial charge in [0.15, 0.2) is 0 Å². The number of ether oxygens (including phenoxy) is 1. The van der Waals surface area contributed by atoms with Crippen LogP contribution < -0.4 is 4.74 Å². The molecule has 5 nitrogen and oxygen atoms in total. The molecule has 7 heteroatoms. The fourth-order valence-electron chi connectivity index (χ4n) is 3.64. The number of aryl methyl sites for hydroxylation is 1. The molecule has 1 atom stereocenters. The van der Waals surface area contributed by atoms with Crippen molar-refractivity contribution in [2.24, 2.45) is 0 Å². The third kappa shape index (κ3) is 4.16. The summed E-state index contributed by atoms with van der Waals surface area (Å²) in [4.78, 5) is 29.5. The van der Waals surface area contributed by atoms with Crippen LogP contribution in [0.25, 0.3) is 5.76 Å². The standard InChI is InChI=1S/C24H23NO4S2/c1-3-11-29-17-8-6-16(7-9-17)21(26)19-20(23-15(2)10-13-31-23)25(24(28)22(19)27)14-18-5-4-12-30-18/h4-10,12-13,20,26H,3,11,14H2,1-2H3/b21-19-. The summed E-state index contributed by atoms with van der Waals surface area (Å²) in [6, 6.07) is 12.2. The van der Waals surface area contributed by atoms with Crippen molar-refractivity contribution in [1.82, 2.24) is 4.90 Å². The van der Waals surface area contributed by atoms with E-state index in [1.165, 1.54) is 22.7 Å². The number of amides is 1. The van der Waals surface area contributed by atoms with E-state index in [1.54, 1.807) is 29.2 Å². The van der Waals surface area contributed by atoms with Crippen LogP contribution in [0.2, 0.25) is 0 Å². The first kappa shape index (κ1) is 21.3. The van der Waals surface area contributed by atoms with Gasteiger partial charge in [-0.1, -0.05) is 13.0 Å². The lowest BCUT2D eigenvalue weighted by molar-refractivity contribution is -0.140. The van der Waals surface area contributed by atoms with E-state index < -0.39 is 17.7 Å². The second kappa shape index (κ2) is 9.08. The van der Waals surface area contributed by atoms with Crippen LogP contribution >= 0.6 is 22.7 Å². The molecule has 1 saturated heterocycles. The van der Waals surface area contributed by atoms with Crippen LogP contribution in [0.3, 0.4) is 0 Å². The zero-order valence-corrected chi connectivity index (χ0v) is 19.0. The first-order valence-corrected chi connectivity index (χ1v) is 11.8. The zero-order chi connectivity index (χ0) is 22.0. The quantitative estimate of drug-likeness (QED) is 0.290. The fraction of sp³-hybridized carbons (Fsp3) is 0.250. The number of likely N-dealkylation sites (tertiary alicyclic amines) is 1. The molecule has 1 fully saturated rings. The Morgan fingerprint density at radius 2 is 1.87 bits per heavy atom. The van der Waals surface area contributed by atoms with Crippen molar-refractivity contribution in [2.45, 2.75) is 32.9 Å². The molecule has 31 heavy (non-hydrogen) atoms. The van der Waals surface area contributed by atoms with Crippen LogP contribution in [0, 0.1) is 6.92 Å². The van der Waals surface area contributed by atoms with Crippen molar-refractivity contribution >= 4 is 40.1 Å². The van der Waals surface area contributed by atoms with Crippen LogP contribution in [-0.2, 0) is 16.1 Å². The van der Waals surface area contributed by atoms with Crippen LogP contribution in [0.15, 0.2) is 58.8 Å². The van der Waals surface area contributed by atoms with Gasteiger partial charge in [-0.25, -0.2) is 0 Å². The Labute approximate surface area is 189 Å². The molecular weight excluding hydrogens is 430 g/mol. The van der Waals surface area contributed by atoms with E-state index in [4.69, 9.17) is 4.74 Å². The minimum atomic E-state index is -0.654. The van der Waals surface area contributed by atoms with Crippen molar-refractivity contribution in [1.29, 1.82) is 0 Å². The topological polar surface area (TPSA) is 66.8 Å². The number of hydrogen-bond donors (Lipinski definition) is 1. The highest BCUT2D eigenvalue weighted by Gasteiger charge is 2.47. The van der Waals surface area contributed by atoms with Crippen LogP contribution in [0.4, 0.5) is 0 Å². The monoisotopic (exact) mass is 453 g/mol. The summed E-state index contributed by atoms with van der Waals surface area (Å²) in [7, 11) is 0. The Morgan fingerprint density at radius 1 is 1.10 bits per heavy atom. The smallest absolute Gasteiger partial charge is 0.296 e. The SMILES string of the molecule is CCCOc1ccc(/C(O)=C2/C(=O)C(=O)N(Cc3cccs3)C2c2sccc2C)cc1. The maximum Gasteiger partial charge on any atom is 0.296 e. The molecule has 0 bridgehead atoms. The number of rotatable bonds is 7. The molecule has 0 aliphatic carbocycles. The first-order valence-electron chi connectivity index (χ1n) is 10.1. The number of aliphatic hydroxyl groups is 1. The van der Waals surface area contributed by atoms with Crippen LogP contribution in [0.1, 0.15) is 40.3 Å². The van der Waals surface area contributed by atoms with Gasteiger partial charge in [0.25, 0.3) is 11.7 Å². The molecule has 1 aliphatic heterocycles. The molecule has 1 N–H and O–H groups in total. The maximum atomic E-state index is 13.1. The molecule has 160 valence electrons. The summed E-state index contributed by atoms with van der Waals surface area (Å²) < 4.78 is 5.60. The van der Waals surface area contributed by atoms with Gasteiger partial charge < -0.3 is 14.7 Å². The van der Waals surface area contributed by atoms with E-state index in [9.17, 15) is 14.7 Å². The van der Waals surface area contributed by atoms with Crippen molar-refractivity contribution in [2.75, 3.05) is 6.61 Å². The third-order valence-corrected chi connectivity index (χ3v) is 7.13. The summed E-state index contributed by atoms with van der Waals surface area (Å²) >= 11 is 3.02. The van der Waals surface area contributed by atoms with Gasteiger partial charge in [-0.3, -0.25) is 9.59 Å². The van der Waals surface area contributed by atoms with Gasteiger partial charge in [-0.15, -0.1) is 22.7 Å². The first-order chi connectivity index (χ1) is 15.0. The minimum absolute atomic E-state index is 0.134. The van der Waals surface area contributed by atoms with Crippen molar-refractivity contribution in [3.63, 3.8) is 0 Å². The largest absolute Gasteiger partial charge is 0.507 e. The lowest BCUT2D eigenvalue weighted by Gasteiger charge is -2.24. The second-order valence-electron chi connectivity index (χ2n) is 7.35. The number of nitrogens with zero attached hydrogens (tertiary/aromatic N) is 1. The molecule has 1 aromatic carbocycles. The van der Waals surface area contributed by atoms with Crippen molar-refractivity contribution in [3.05, 3.63) is 79.7 Å². The third-order valence-electron chi connectivity index (χ3n) is 5.20. The number of ketones is 1. The summed E-state index contributed by atoms with van der Waals surface area (Å²) in [6.45, 7) is 4.92. The Morgan fingerprint density at radius 3 is 2.48 bits per heavy atom. The predicted octanol–water partition coefficient (Wildman–Crippen LogP) is 5.53. The number of carbonyl (C=O) groups is 2. The number of aliphatic hydroxyl groups excluding tert-OH is 1. The molecule has 3 aromatic rings. The molecule has 1 amide bonds. The molecular formula is C24H23NO4S2. The molecule has 1 unspecified atom stereocenters. The van der Waals surface area contributed by atoms with Gasteiger partial charge in [0.2, 0.25) is 0 Å². The van der Waals surface area contributed by atoms with Gasteiger partial charge in [-0.05, 0) is 66.1 Å². The molecule has 0 spiro atoms. The Balaban J connectivity index is 1.77. The Kier molecular flexibility index (Phi) is 6.25. The summed E-state index contributed by atoms with van der Waals surface area (Å²) in [6.07, 6.45) is 0.898. The van der Waals surface area contributed by atoms with Crippen molar-refractivity contribution < 1.29 is 19.4 Å². The number of benzene rings is 1. The Hall–Kier alpha value is -2.90. The Bertz CT molecular complexity index is 1110. The van der Waals surface area contributed by atoms with Gasteiger partial charge >= 0.3 is 0 Å². The summed E-state index contributed by atoms with van der Waals surface area (Å²) in [5.74, 6) is -0.706. The molecule has 1 aliphatic rings. The second-order valence-corrected chi connectivity index (χ2v) is 9.33. The molecule has 2 aromatic heterocycles. The summed E-state index contributed by atoms with van der Waals surface area (Å²) in [5, 5.41) is 15.0. The normalized spacial score (nSPS) is 18.0. The number of carbonyl (C=O) groups excluding carboxylic acids is 2. The van der Waals surface area contributed by atoms with Gasteiger partial charge in [0, 0.05) is 15.3 Å². The van der Waals surface area contributed by atoms with E-state index in [0.29, 0.717) is 24.5 Å². The van der Waals surface area contributed by atoms with Gasteiger partial charge in [-0.2, -0.15) is 0 Å². The average Bonchev–Trinajstić information content (AvgIpc) is 3.49. The summed E-state index contributed by atoms with van der Waals surface area (Å²) in [5.41, 5.74) is 1.61. The lowest BCUT2D eigenvalue weighted by Crippen LogP contribution is -2.28. The predicted molar refractivity (Wildman–Crippen MR) is 123 cm³/mol. The van der Waals surface area contributed by atoms with E-state index in [1.807, 2.05) is 42.8 Å². The highest BCUT2D eigenvalue weighted by molar-refractivity contribution is 7.10. The fourth-order valence-corrected chi connectivity index (χ4v) is 5.38. The molecule has 4 rings (SSSR count). The molecule has 0 radical (unpaired) electrons. The highest BCUT2D eigenvalue weighted by atomic mass is 32.1. The van der Waals surface area contributed by atoms with E-state index in [-0.39, 0.29) is 11.3 Å². The molecule has 0 saturated carbocycles. The minimum Gasteiger partial charge on any atom is -0.507 e. The number of hydrogen-bond acceptors (Lipinski definition) is 6. The lowest BCUT2D eigenvalue weighted by atomic mass is 9.98. The van der Waals surface area contributed by atoms with E-state index in [2.05, 4.69) is 0 Å². The number of thiophene rings is 2. The van der Waals surface area contributed by atoms with Crippen LogP contribution in [-0.4, -0.2) is 28.3 Å². The average molecular weight is 454 g/mol. The van der Waals surface area contributed by atoms with Gasteiger partial charge in [0.1, 0.15) is 17.6 Å². The van der Waals surface area contributed by atoms with E-state index in [0.717, 1.165) is 21.7 Å².